The fourth-order valence-corrected chi connectivity index (χ4v) is 2.69. The fourth-order valence-electron chi connectivity index (χ4n) is 0.892. The molecule has 0 saturated heterocycles. The maximum atomic E-state index is 3.32. The van der Waals surface area contributed by atoms with E-state index in [0.29, 0.717) is 0 Å². The fraction of sp³-hybridized carbons (Fsp3) is 0.556. The Bertz CT molecular complexity index is 184. The van der Waals surface area contributed by atoms with Crippen LogP contribution < -0.4 is 5.32 Å². The van der Waals surface area contributed by atoms with E-state index in [9.17, 15) is 0 Å². The number of hydrogen-bond donors (Lipinski definition) is 1. The summed E-state index contributed by atoms with van der Waals surface area (Å²) in [5.74, 6) is 1.23. The summed E-state index contributed by atoms with van der Waals surface area (Å²) in [6, 6.07) is 4.29. The molecule has 0 aromatic carbocycles. The highest BCUT2D eigenvalue weighted by molar-refractivity contribution is 8.01. The molecule has 1 rings (SSSR count). The highest BCUT2D eigenvalue weighted by Gasteiger charge is 1.93. The summed E-state index contributed by atoms with van der Waals surface area (Å²) in [6.07, 6.45) is 1.26. The van der Waals surface area contributed by atoms with Gasteiger partial charge >= 0.3 is 0 Å². The molecule has 0 radical (unpaired) electrons. The summed E-state index contributed by atoms with van der Waals surface area (Å²) < 4.78 is 1.44. The van der Waals surface area contributed by atoms with Gasteiger partial charge in [-0.05, 0) is 36.7 Å². The number of thiophene rings is 1. The van der Waals surface area contributed by atoms with Gasteiger partial charge in [0.05, 0.1) is 4.21 Å². The van der Waals surface area contributed by atoms with Gasteiger partial charge in [0, 0.05) is 0 Å². The van der Waals surface area contributed by atoms with E-state index in [4.69, 9.17) is 0 Å². The van der Waals surface area contributed by atoms with E-state index in [0.717, 1.165) is 13.1 Å². The van der Waals surface area contributed by atoms with Crippen LogP contribution in [0.1, 0.15) is 13.3 Å². The van der Waals surface area contributed by atoms with Crippen molar-refractivity contribution in [2.75, 3.05) is 18.8 Å². The topological polar surface area (TPSA) is 12.0 Å². The zero-order valence-corrected chi connectivity index (χ0v) is 9.01. The van der Waals surface area contributed by atoms with Crippen LogP contribution in [-0.4, -0.2) is 18.8 Å². The van der Waals surface area contributed by atoms with Crippen molar-refractivity contribution in [1.29, 1.82) is 0 Å². The summed E-state index contributed by atoms with van der Waals surface area (Å²) in [4.78, 5) is 0. The Morgan fingerprint density at radius 2 is 2.50 bits per heavy atom. The van der Waals surface area contributed by atoms with Gasteiger partial charge in [-0.1, -0.05) is 13.0 Å². The first-order chi connectivity index (χ1) is 5.93. The molecule has 1 nitrogen and oxygen atoms in total. The SMILES string of the molecule is CCNCCCSc1cccs1. The number of nitrogens with one attached hydrogen (secondary N) is 1. The van der Waals surface area contributed by atoms with Crippen molar-refractivity contribution in [3.05, 3.63) is 17.5 Å². The van der Waals surface area contributed by atoms with Crippen LogP contribution in [0.3, 0.4) is 0 Å². The van der Waals surface area contributed by atoms with Crippen LogP contribution in [0.15, 0.2) is 21.7 Å². The molecule has 0 unspecified atom stereocenters. The minimum Gasteiger partial charge on any atom is -0.317 e. The van der Waals surface area contributed by atoms with Gasteiger partial charge in [0.2, 0.25) is 0 Å². The Balaban J connectivity index is 1.96. The Morgan fingerprint density at radius 3 is 3.17 bits per heavy atom. The molecule has 1 aromatic rings. The number of thioether (sulfide) groups is 1. The standard InChI is InChI=1S/C9H15NS2/c1-2-10-6-4-8-12-9-5-3-7-11-9/h3,5,7,10H,2,4,6,8H2,1H3. The van der Waals surface area contributed by atoms with Gasteiger partial charge in [-0.2, -0.15) is 0 Å². The summed E-state index contributed by atoms with van der Waals surface area (Å²) in [6.45, 7) is 4.38. The van der Waals surface area contributed by atoms with Crippen LogP contribution in [0, 0.1) is 0 Å². The Kier molecular flexibility index (Phi) is 5.48. The average Bonchev–Trinajstić information content (AvgIpc) is 2.57. The molecule has 0 fully saturated rings. The van der Waals surface area contributed by atoms with Crippen molar-refractivity contribution in [2.45, 2.75) is 17.6 Å². The Morgan fingerprint density at radius 1 is 1.58 bits per heavy atom. The number of hydrogen-bond acceptors (Lipinski definition) is 3. The third-order valence-corrected chi connectivity index (χ3v) is 3.70. The summed E-state index contributed by atoms with van der Waals surface area (Å²) in [5, 5.41) is 5.45. The van der Waals surface area contributed by atoms with Crippen LogP contribution in [-0.2, 0) is 0 Å². The Labute approximate surface area is 82.6 Å². The lowest BCUT2D eigenvalue weighted by Crippen LogP contribution is -2.14. The van der Waals surface area contributed by atoms with E-state index < -0.39 is 0 Å². The maximum absolute atomic E-state index is 3.32. The Hall–Kier alpha value is 0.01000. The highest BCUT2D eigenvalue weighted by atomic mass is 32.2. The molecule has 0 aliphatic heterocycles. The molecule has 0 atom stereocenters. The highest BCUT2D eigenvalue weighted by Crippen LogP contribution is 2.23. The van der Waals surface area contributed by atoms with Crippen molar-refractivity contribution < 1.29 is 0 Å². The number of rotatable bonds is 6. The molecule has 1 aromatic heterocycles. The minimum atomic E-state index is 1.09. The van der Waals surface area contributed by atoms with Crippen LogP contribution >= 0.6 is 23.1 Å². The predicted octanol–water partition coefficient (Wildman–Crippen LogP) is 2.84. The molecule has 3 heteroatoms. The maximum Gasteiger partial charge on any atom is 0.0598 e. The lowest BCUT2D eigenvalue weighted by atomic mass is 10.5. The van der Waals surface area contributed by atoms with Crippen LogP contribution in [0.25, 0.3) is 0 Å². The summed E-state index contributed by atoms with van der Waals surface area (Å²) >= 11 is 3.79. The van der Waals surface area contributed by atoms with E-state index >= 15 is 0 Å². The monoisotopic (exact) mass is 201 g/mol. The molecule has 0 spiro atoms. The van der Waals surface area contributed by atoms with Crippen molar-refractivity contribution in [3.8, 4) is 0 Å². The molecule has 1 N–H and O–H groups in total. The molecule has 12 heavy (non-hydrogen) atoms. The molecular weight excluding hydrogens is 186 g/mol. The van der Waals surface area contributed by atoms with Crippen molar-refractivity contribution in [3.63, 3.8) is 0 Å². The second-order valence-corrected chi connectivity index (χ2v) is 4.83. The van der Waals surface area contributed by atoms with Gasteiger partial charge in [0.15, 0.2) is 0 Å². The third-order valence-electron chi connectivity index (χ3n) is 1.49. The smallest absolute Gasteiger partial charge is 0.0598 e. The van der Waals surface area contributed by atoms with Gasteiger partial charge in [-0.15, -0.1) is 23.1 Å². The van der Waals surface area contributed by atoms with E-state index in [-0.39, 0.29) is 0 Å². The molecule has 0 saturated carbocycles. The molecule has 0 aliphatic rings. The lowest BCUT2D eigenvalue weighted by molar-refractivity contribution is 0.707. The van der Waals surface area contributed by atoms with E-state index in [2.05, 4.69) is 29.8 Å². The normalized spacial score (nSPS) is 10.4. The first-order valence-corrected chi connectivity index (χ1v) is 6.17. The molecule has 0 bridgehead atoms. The van der Waals surface area contributed by atoms with Crippen molar-refractivity contribution in [2.24, 2.45) is 0 Å². The summed E-state index contributed by atoms with van der Waals surface area (Å²) in [7, 11) is 0. The summed E-state index contributed by atoms with van der Waals surface area (Å²) in [5.41, 5.74) is 0. The van der Waals surface area contributed by atoms with Gasteiger partial charge in [-0.3, -0.25) is 0 Å². The quantitative estimate of drug-likeness (QED) is 0.561. The predicted molar refractivity (Wildman–Crippen MR) is 58.2 cm³/mol. The molecule has 0 amide bonds. The lowest BCUT2D eigenvalue weighted by Gasteiger charge is -1.99. The van der Waals surface area contributed by atoms with Crippen LogP contribution in [0.4, 0.5) is 0 Å². The van der Waals surface area contributed by atoms with Gasteiger partial charge in [0.1, 0.15) is 0 Å². The van der Waals surface area contributed by atoms with Crippen LogP contribution in [0.2, 0.25) is 0 Å². The molecule has 68 valence electrons. The molecule has 0 aliphatic carbocycles. The minimum absolute atomic E-state index is 1.09. The van der Waals surface area contributed by atoms with E-state index in [1.165, 1.54) is 16.4 Å². The van der Waals surface area contributed by atoms with Crippen molar-refractivity contribution >= 4 is 23.1 Å². The first kappa shape index (κ1) is 10.1. The molecule has 1 heterocycles. The average molecular weight is 201 g/mol. The van der Waals surface area contributed by atoms with Crippen molar-refractivity contribution in [1.82, 2.24) is 5.32 Å². The zero-order valence-electron chi connectivity index (χ0n) is 7.38. The van der Waals surface area contributed by atoms with E-state index in [1.54, 1.807) is 0 Å². The zero-order chi connectivity index (χ0) is 8.65. The van der Waals surface area contributed by atoms with Gasteiger partial charge < -0.3 is 5.32 Å². The first-order valence-electron chi connectivity index (χ1n) is 4.30. The van der Waals surface area contributed by atoms with Gasteiger partial charge in [-0.25, -0.2) is 0 Å². The second kappa shape index (κ2) is 6.52. The largest absolute Gasteiger partial charge is 0.317 e. The third kappa shape index (κ3) is 4.14. The molecular formula is C9H15NS2. The van der Waals surface area contributed by atoms with Gasteiger partial charge in [0.25, 0.3) is 0 Å². The second-order valence-electron chi connectivity index (χ2n) is 2.49. The van der Waals surface area contributed by atoms with E-state index in [1.807, 2.05) is 23.1 Å². The van der Waals surface area contributed by atoms with Crippen LogP contribution in [0.5, 0.6) is 0 Å².